The van der Waals surface area contributed by atoms with Crippen LogP contribution in [0.1, 0.15) is 32.8 Å². The summed E-state index contributed by atoms with van der Waals surface area (Å²) in [7, 11) is 1.54. The third-order valence-electron chi connectivity index (χ3n) is 3.77. The van der Waals surface area contributed by atoms with Gasteiger partial charge in [-0.15, -0.1) is 0 Å². The predicted molar refractivity (Wildman–Crippen MR) is 88.6 cm³/mol. The van der Waals surface area contributed by atoms with Crippen LogP contribution in [0.3, 0.4) is 0 Å². The standard InChI is InChI=1S/C18H22N2O4/c1-18(2,3)24-17(22)14-8-6-12-5-7-13(23-4)11-15(12)20(10-9-19)16(14)21/h5,7,11,14H,6,8,10H2,1-4H3. The Morgan fingerprint density at radius 2 is 2.12 bits per heavy atom. The van der Waals surface area contributed by atoms with Crippen LogP contribution in [-0.2, 0) is 20.7 Å². The number of methoxy groups -OCH3 is 1. The number of fused-ring (bicyclic) bond motifs is 1. The highest BCUT2D eigenvalue weighted by atomic mass is 16.6. The van der Waals surface area contributed by atoms with Crippen molar-refractivity contribution in [3.05, 3.63) is 23.8 Å². The number of rotatable bonds is 3. The Hall–Kier alpha value is -2.55. The summed E-state index contributed by atoms with van der Waals surface area (Å²) in [4.78, 5) is 26.6. The molecule has 1 unspecified atom stereocenters. The zero-order chi connectivity index (χ0) is 17.9. The molecule has 1 amide bonds. The van der Waals surface area contributed by atoms with Gasteiger partial charge in [-0.2, -0.15) is 5.26 Å². The molecule has 1 aliphatic rings. The number of ether oxygens (including phenoxy) is 2. The van der Waals surface area contributed by atoms with E-state index in [2.05, 4.69) is 0 Å². The molecular weight excluding hydrogens is 308 g/mol. The van der Waals surface area contributed by atoms with Crippen LogP contribution in [0, 0.1) is 17.2 Å². The van der Waals surface area contributed by atoms with Gasteiger partial charge in [0.1, 0.15) is 23.8 Å². The fourth-order valence-electron chi connectivity index (χ4n) is 2.69. The molecule has 1 atom stereocenters. The van der Waals surface area contributed by atoms with E-state index in [4.69, 9.17) is 14.7 Å². The maximum atomic E-state index is 12.9. The maximum Gasteiger partial charge on any atom is 0.319 e. The molecule has 0 aromatic heterocycles. The van der Waals surface area contributed by atoms with Gasteiger partial charge in [0.25, 0.3) is 0 Å². The Balaban J connectivity index is 2.38. The molecule has 2 rings (SSSR count). The summed E-state index contributed by atoms with van der Waals surface area (Å²) in [5.74, 6) is -1.26. The number of aryl methyl sites for hydroxylation is 1. The molecule has 6 nitrogen and oxygen atoms in total. The topological polar surface area (TPSA) is 79.6 Å². The van der Waals surface area contributed by atoms with Crippen LogP contribution in [0.2, 0.25) is 0 Å². The maximum absolute atomic E-state index is 12.9. The Kier molecular flexibility index (Phi) is 5.13. The van der Waals surface area contributed by atoms with Gasteiger partial charge in [0.2, 0.25) is 5.91 Å². The minimum atomic E-state index is -0.907. The third-order valence-corrected chi connectivity index (χ3v) is 3.77. The van der Waals surface area contributed by atoms with Crippen molar-refractivity contribution in [2.24, 2.45) is 5.92 Å². The van der Waals surface area contributed by atoms with Gasteiger partial charge in [-0.3, -0.25) is 14.5 Å². The van der Waals surface area contributed by atoms with E-state index >= 15 is 0 Å². The van der Waals surface area contributed by atoms with Gasteiger partial charge >= 0.3 is 5.97 Å². The fraction of sp³-hybridized carbons (Fsp3) is 0.500. The highest BCUT2D eigenvalue weighted by molar-refractivity contribution is 6.07. The summed E-state index contributed by atoms with van der Waals surface area (Å²) in [5, 5.41) is 9.10. The van der Waals surface area contributed by atoms with E-state index < -0.39 is 23.4 Å². The fourth-order valence-corrected chi connectivity index (χ4v) is 2.69. The second kappa shape index (κ2) is 6.91. The third kappa shape index (κ3) is 3.85. The van der Waals surface area contributed by atoms with Crippen molar-refractivity contribution in [3.63, 3.8) is 0 Å². The van der Waals surface area contributed by atoms with Gasteiger partial charge in [-0.25, -0.2) is 0 Å². The monoisotopic (exact) mass is 330 g/mol. The molecular formula is C18H22N2O4. The van der Waals surface area contributed by atoms with Crippen molar-refractivity contribution in [3.8, 4) is 11.8 Å². The lowest BCUT2D eigenvalue weighted by atomic mass is 10.00. The zero-order valence-electron chi connectivity index (χ0n) is 14.5. The molecule has 0 spiro atoms. The number of nitrogens with zero attached hydrogens (tertiary/aromatic N) is 2. The van der Waals surface area contributed by atoms with Crippen molar-refractivity contribution >= 4 is 17.6 Å². The van der Waals surface area contributed by atoms with E-state index in [9.17, 15) is 9.59 Å². The van der Waals surface area contributed by atoms with Gasteiger partial charge < -0.3 is 9.47 Å². The summed E-state index contributed by atoms with van der Waals surface area (Å²) in [6, 6.07) is 7.39. The number of esters is 1. The lowest BCUT2D eigenvalue weighted by Crippen LogP contribution is -2.41. The highest BCUT2D eigenvalue weighted by Gasteiger charge is 2.37. The molecule has 0 bridgehead atoms. The van der Waals surface area contributed by atoms with Crippen LogP contribution >= 0.6 is 0 Å². The van der Waals surface area contributed by atoms with Gasteiger partial charge in [0.05, 0.1) is 18.9 Å². The molecule has 1 heterocycles. The lowest BCUT2D eigenvalue weighted by molar-refractivity contribution is -0.162. The number of anilines is 1. The Bertz CT molecular complexity index is 685. The number of hydrogen-bond acceptors (Lipinski definition) is 5. The normalized spacial score (nSPS) is 17.5. The van der Waals surface area contributed by atoms with Crippen LogP contribution in [0.25, 0.3) is 0 Å². The van der Waals surface area contributed by atoms with Crippen molar-refractivity contribution in [1.82, 2.24) is 0 Å². The first kappa shape index (κ1) is 17.8. The first-order valence-electron chi connectivity index (χ1n) is 7.85. The molecule has 0 saturated heterocycles. The minimum Gasteiger partial charge on any atom is -0.497 e. The van der Waals surface area contributed by atoms with Crippen molar-refractivity contribution < 1.29 is 19.1 Å². The van der Waals surface area contributed by atoms with Gasteiger partial charge in [0.15, 0.2) is 0 Å². The SMILES string of the molecule is COc1ccc2c(c1)N(CC#N)C(=O)C(C(=O)OC(C)(C)C)CC2. The number of benzene rings is 1. The number of carbonyl (C=O) groups is 2. The Labute approximate surface area is 142 Å². The van der Waals surface area contributed by atoms with E-state index in [-0.39, 0.29) is 6.54 Å². The minimum absolute atomic E-state index is 0.127. The first-order valence-corrected chi connectivity index (χ1v) is 7.85. The van der Waals surface area contributed by atoms with Crippen molar-refractivity contribution in [2.75, 3.05) is 18.6 Å². The van der Waals surface area contributed by atoms with Crippen LogP contribution in [0.4, 0.5) is 5.69 Å². The van der Waals surface area contributed by atoms with Gasteiger partial charge in [-0.1, -0.05) is 6.07 Å². The van der Waals surface area contributed by atoms with Crippen molar-refractivity contribution in [1.29, 1.82) is 5.26 Å². The zero-order valence-corrected chi connectivity index (χ0v) is 14.5. The number of nitriles is 1. The molecule has 0 saturated carbocycles. The number of hydrogen-bond donors (Lipinski definition) is 0. The van der Waals surface area contributed by atoms with E-state index in [1.165, 1.54) is 4.90 Å². The van der Waals surface area contributed by atoms with E-state index in [1.807, 2.05) is 18.2 Å². The molecule has 0 aliphatic carbocycles. The molecule has 24 heavy (non-hydrogen) atoms. The molecule has 0 N–H and O–H groups in total. The number of carbonyl (C=O) groups excluding carboxylic acids is 2. The first-order chi connectivity index (χ1) is 11.3. The largest absolute Gasteiger partial charge is 0.497 e. The molecule has 1 aromatic rings. The van der Waals surface area contributed by atoms with Crippen LogP contribution < -0.4 is 9.64 Å². The highest BCUT2D eigenvalue weighted by Crippen LogP contribution is 2.33. The van der Waals surface area contributed by atoms with E-state index in [1.54, 1.807) is 33.9 Å². The second-order valence-electron chi connectivity index (χ2n) is 6.70. The summed E-state index contributed by atoms with van der Waals surface area (Å²) >= 11 is 0. The average molecular weight is 330 g/mol. The number of amides is 1. The predicted octanol–water partition coefficient (Wildman–Crippen LogP) is 2.46. The second-order valence-corrected chi connectivity index (χ2v) is 6.70. The van der Waals surface area contributed by atoms with Crippen molar-refractivity contribution in [2.45, 2.75) is 39.2 Å². The molecule has 6 heteroatoms. The summed E-state index contributed by atoms with van der Waals surface area (Å²) in [5.41, 5.74) is 0.859. The van der Waals surface area contributed by atoms with E-state index in [0.717, 1.165) is 5.56 Å². The average Bonchev–Trinajstić information content (AvgIpc) is 2.63. The summed E-state index contributed by atoms with van der Waals surface area (Å²) in [6.45, 7) is 5.16. The molecule has 0 radical (unpaired) electrons. The van der Waals surface area contributed by atoms with Gasteiger partial charge in [-0.05, 0) is 45.2 Å². The van der Waals surface area contributed by atoms with Crippen LogP contribution in [0.15, 0.2) is 18.2 Å². The van der Waals surface area contributed by atoms with Gasteiger partial charge in [0, 0.05) is 6.07 Å². The molecule has 0 fully saturated rings. The molecule has 1 aromatic carbocycles. The Morgan fingerprint density at radius 1 is 1.42 bits per heavy atom. The summed E-state index contributed by atoms with van der Waals surface area (Å²) in [6.07, 6.45) is 0.909. The van der Waals surface area contributed by atoms with E-state index in [0.29, 0.717) is 24.3 Å². The molecule has 1 aliphatic heterocycles. The molecule has 128 valence electrons. The quantitative estimate of drug-likeness (QED) is 0.483. The Morgan fingerprint density at radius 3 is 2.71 bits per heavy atom. The van der Waals surface area contributed by atoms with Crippen LogP contribution in [-0.4, -0.2) is 31.1 Å². The van der Waals surface area contributed by atoms with Crippen LogP contribution in [0.5, 0.6) is 5.75 Å². The summed E-state index contributed by atoms with van der Waals surface area (Å²) < 4.78 is 10.6. The lowest BCUT2D eigenvalue weighted by Gasteiger charge is -2.26. The smallest absolute Gasteiger partial charge is 0.319 e.